The number of Topliss-reactive ketones (excluding diaryl/α,β-unsaturated/α-hetero) is 3. The lowest BCUT2D eigenvalue weighted by Crippen LogP contribution is -2.21. The van der Waals surface area contributed by atoms with Crippen LogP contribution in [0.25, 0.3) is 22.2 Å². The fraction of sp³-hybridized carbons (Fsp3) is 0.148. The number of anilines is 1. The number of ether oxygens (including phenoxy) is 7. The second-order valence-corrected chi connectivity index (χ2v) is 15.5. The number of halogens is 3. The summed E-state index contributed by atoms with van der Waals surface area (Å²) in [6, 6.07) is 34.1. The van der Waals surface area contributed by atoms with E-state index >= 15 is 0 Å². The molecule has 1 aromatic heterocycles. The average molecular weight is 1050 g/mol. The van der Waals surface area contributed by atoms with Crippen LogP contribution in [-0.4, -0.2) is 111 Å². The number of carboxylic acid groups (broad SMARTS) is 1. The van der Waals surface area contributed by atoms with Crippen molar-refractivity contribution in [3.8, 4) is 40.0 Å². The van der Waals surface area contributed by atoms with Crippen LogP contribution in [0, 0.1) is 0 Å². The molecule has 394 valence electrons. The number of nitrogens with two attached hydrogens (primary N) is 1. The fourth-order valence-corrected chi connectivity index (χ4v) is 6.47. The molecule has 0 bridgehead atoms. The van der Waals surface area contributed by atoms with E-state index in [0.717, 1.165) is 0 Å². The second kappa shape index (κ2) is 26.1. The highest BCUT2D eigenvalue weighted by atomic mass is 19.4. The van der Waals surface area contributed by atoms with Gasteiger partial charge in [-0.1, -0.05) is 0 Å². The van der Waals surface area contributed by atoms with E-state index in [1.54, 1.807) is 97.1 Å². The van der Waals surface area contributed by atoms with Crippen molar-refractivity contribution in [3.63, 3.8) is 0 Å². The van der Waals surface area contributed by atoms with Crippen LogP contribution in [0.15, 0.2) is 138 Å². The molecule has 0 aliphatic rings. The molecule has 22 heteroatoms. The number of hydrogen-bond acceptors (Lipinski definition) is 17. The average Bonchev–Trinajstić information content (AvgIpc) is 3.46. The Balaban J connectivity index is 0.000000249. The number of benzene rings is 6. The highest BCUT2D eigenvalue weighted by Gasteiger charge is 2.38. The number of aromatic nitrogens is 1. The largest absolute Gasteiger partial charge is 0.503 e. The number of nitrogens with one attached hydrogen (secondary N) is 1. The van der Waals surface area contributed by atoms with Crippen molar-refractivity contribution in [2.24, 2.45) is 0 Å². The van der Waals surface area contributed by atoms with Gasteiger partial charge in [-0.25, -0.2) is 19.2 Å². The van der Waals surface area contributed by atoms with Crippen LogP contribution in [0.2, 0.25) is 0 Å². The first-order valence-electron chi connectivity index (χ1n) is 21.9. The zero-order chi connectivity index (χ0) is 55.7. The summed E-state index contributed by atoms with van der Waals surface area (Å²) in [5.41, 5.74) is 7.68. The van der Waals surface area contributed by atoms with Gasteiger partial charge in [-0.2, -0.15) is 13.2 Å². The number of aromatic hydroxyl groups is 1. The minimum atomic E-state index is -5.08. The van der Waals surface area contributed by atoms with Crippen LogP contribution in [0.3, 0.4) is 0 Å². The normalized spacial score (nSPS) is 10.5. The van der Waals surface area contributed by atoms with Crippen LogP contribution in [0.4, 0.5) is 18.9 Å². The van der Waals surface area contributed by atoms with Gasteiger partial charge in [-0.3, -0.25) is 19.2 Å². The standard InChI is InChI=1S/C26H23NO8.C26H21NO7.C2HF3O2/c1-32-19-8-3-16(4-9-19)23(28)14-34-25(30)18-7-12-21(22(27)13-18)26(31)35-15-24(29)17-5-10-20(33-2)11-6-17;1-32-18-8-3-15(4-9-18)22(28)14-34-26(31)17-7-12-20-21(13-17)27-23(25(30)24(20)29)16-5-10-19(33-2)11-6-16;3-2(4,5)1(6)7/h3-13H,14-15,27H2,1-2H3;3-13,30H,14H2,1-2H3,(H,27,29);(H,6,7). The number of fused-ring (bicyclic) bond motifs is 1. The Bertz CT molecular complexity index is 3300. The molecule has 0 unspecified atom stereocenters. The number of carbonyl (C=O) groups excluding carboxylic acids is 6. The number of hydrogen-bond donors (Lipinski definition) is 4. The Labute approximate surface area is 429 Å². The summed E-state index contributed by atoms with van der Waals surface area (Å²) in [6.45, 7) is -1.39. The zero-order valence-corrected chi connectivity index (χ0v) is 40.6. The van der Waals surface area contributed by atoms with Crippen molar-refractivity contribution in [1.29, 1.82) is 0 Å². The smallest absolute Gasteiger partial charge is 0.490 e. The van der Waals surface area contributed by atoms with E-state index in [1.165, 1.54) is 64.8 Å². The third kappa shape index (κ3) is 15.3. The zero-order valence-electron chi connectivity index (χ0n) is 40.6. The summed E-state index contributed by atoms with van der Waals surface area (Å²) in [5.74, 6) is -4.25. The van der Waals surface area contributed by atoms with Crippen LogP contribution in [-0.2, 0) is 19.0 Å². The van der Waals surface area contributed by atoms with E-state index in [2.05, 4.69) is 4.98 Å². The number of alkyl halides is 3. The Hall–Kier alpha value is -9.99. The fourth-order valence-electron chi connectivity index (χ4n) is 6.47. The molecule has 6 aromatic carbocycles. The first kappa shape index (κ1) is 56.9. The molecule has 0 amide bonds. The van der Waals surface area contributed by atoms with E-state index in [1.807, 2.05) is 0 Å². The Morgan fingerprint density at radius 2 is 0.855 bits per heavy atom. The van der Waals surface area contributed by atoms with Gasteiger partial charge in [0.15, 0.2) is 42.9 Å². The molecule has 5 N–H and O–H groups in total. The molecule has 0 spiro atoms. The van der Waals surface area contributed by atoms with Crippen LogP contribution >= 0.6 is 0 Å². The molecule has 7 aromatic rings. The summed E-state index contributed by atoms with van der Waals surface area (Å²) in [4.78, 5) is 98.6. The summed E-state index contributed by atoms with van der Waals surface area (Å²) in [7, 11) is 6.08. The van der Waals surface area contributed by atoms with Gasteiger partial charge in [0.25, 0.3) is 0 Å². The van der Waals surface area contributed by atoms with Gasteiger partial charge in [-0.15, -0.1) is 0 Å². The molecule has 0 fully saturated rings. The van der Waals surface area contributed by atoms with Gasteiger partial charge in [-0.05, 0) is 133 Å². The van der Waals surface area contributed by atoms with Gasteiger partial charge in [0, 0.05) is 33.3 Å². The first-order valence-corrected chi connectivity index (χ1v) is 21.9. The van der Waals surface area contributed by atoms with Crippen molar-refractivity contribution in [2.45, 2.75) is 6.18 Å². The number of aliphatic carboxylic acids is 1. The van der Waals surface area contributed by atoms with Crippen molar-refractivity contribution < 1.29 is 90.1 Å². The Morgan fingerprint density at radius 1 is 0.513 bits per heavy atom. The summed E-state index contributed by atoms with van der Waals surface area (Å²) in [5, 5.41) is 17.8. The Kier molecular flexibility index (Phi) is 19.6. The number of rotatable bonds is 17. The summed E-state index contributed by atoms with van der Waals surface area (Å²) in [6.07, 6.45) is -5.08. The minimum absolute atomic E-state index is 0.0154. The lowest BCUT2D eigenvalue weighted by atomic mass is 10.1. The highest BCUT2D eigenvalue weighted by Crippen LogP contribution is 2.29. The van der Waals surface area contributed by atoms with E-state index in [-0.39, 0.29) is 39.2 Å². The molecular formula is C54H45F3N2O17. The predicted octanol–water partition coefficient (Wildman–Crippen LogP) is 7.96. The molecule has 76 heavy (non-hydrogen) atoms. The lowest BCUT2D eigenvalue weighted by molar-refractivity contribution is -0.192. The SMILES string of the molecule is COc1ccc(C(=O)COC(=O)c2ccc(C(=O)OCC(=O)c3ccc(OC)cc3)c(N)c2)cc1.COc1ccc(C(=O)COC(=O)c2ccc3c(=O)c(O)c(-c4ccc(OC)cc4)[nH]c3c2)cc1.O=C(O)C(F)(F)F. The highest BCUT2D eigenvalue weighted by molar-refractivity contribution is 6.03. The lowest BCUT2D eigenvalue weighted by Gasteiger charge is -2.10. The molecule has 0 aliphatic heterocycles. The van der Waals surface area contributed by atoms with E-state index in [9.17, 15) is 51.8 Å². The number of nitrogen functional groups attached to an aromatic ring is 1. The summed E-state index contributed by atoms with van der Waals surface area (Å²) < 4.78 is 67.3. The van der Waals surface area contributed by atoms with E-state index < -0.39 is 72.6 Å². The molecule has 0 saturated carbocycles. The number of esters is 3. The van der Waals surface area contributed by atoms with Crippen LogP contribution < -0.4 is 30.1 Å². The van der Waals surface area contributed by atoms with Crippen LogP contribution in [0.1, 0.15) is 62.1 Å². The number of methoxy groups -OCH3 is 4. The molecule has 0 saturated heterocycles. The molecule has 0 atom stereocenters. The van der Waals surface area contributed by atoms with Gasteiger partial charge in [0.05, 0.1) is 56.3 Å². The van der Waals surface area contributed by atoms with Crippen molar-refractivity contribution in [2.75, 3.05) is 54.0 Å². The number of pyridine rings is 1. The number of H-pyrrole nitrogens is 1. The number of aromatic amines is 1. The van der Waals surface area contributed by atoms with Crippen molar-refractivity contribution >= 4 is 57.8 Å². The molecule has 1 heterocycles. The van der Waals surface area contributed by atoms with Crippen molar-refractivity contribution in [3.05, 3.63) is 177 Å². The molecule has 19 nitrogen and oxygen atoms in total. The van der Waals surface area contributed by atoms with Gasteiger partial charge in [0.1, 0.15) is 23.0 Å². The maximum Gasteiger partial charge on any atom is 0.490 e. The van der Waals surface area contributed by atoms with Crippen LogP contribution in [0.5, 0.6) is 28.7 Å². The molecular weight excluding hydrogens is 1010 g/mol. The first-order chi connectivity index (χ1) is 36.2. The second-order valence-electron chi connectivity index (χ2n) is 15.5. The maximum atomic E-state index is 12.7. The quantitative estimate of drug-likeness (QED) is 0.0291. The third-order valence-electron chi connectivity index (χ3n) is 10.6. The van der Waals surface area contributed by atoms with Crippen molar-refractivity contribution in [1.82, 2.24) is 4.98 Å². The molecule has 7 rings (SSSR count). The monoisotopic (exact) mass is 1050 g/mol. The Morgan fingerprint density at radius 3 is 1.22 bits per heavy atom. The number of carboxylic acids is 1. The maximum absolute atomic E-state index is 12.7. The summed E-state index contributed by atoms with van der Waals surface area (Å²) >= 11 is 0. The molecule has 0 radical (unpaired) electrons. The minimum Gasteiger partial charge on any atom is -0.503 e. The van der Waals surface area contributed by atoms with E-state index in [0.29, 0.717) is 50.8 Å². The number of ketones is 3. The van der Waals surface area contributed by atoms with Gasteiger partial charge >= 0.3 is 30.1 Å². The van der Waals surface area contributed by atoms with E-state index in [4.69, 9.17) is 48.8 Å². The number of carbonyl (C=O) groups is 7. The van der Waals surface area contributed by atoms with Gasteiger partial charge < -0.3 is 54.1 Å². The molecule has 0 aliphatic carbocycles. The topological polar surface area (TPSA) is 283 Å². The predicted molar refractivity (Wildman–Crippen MR) is 266 cm³/mol. The third-order valence-corrected chi connectivity index (χ3v) is 10.6. The van der Waals surface area contributed by atoms with Gasteiger partial charge in [0.2, 0.25) is 5.43 Å².